The Labute approximate surface area is 308 Å². The van der Waals surface area contributed by atoms with Gasteiger partial charge >= 0.3 is 6.18 Å². The zero-order chi connectivity index (χ0) is 37.8. The van der Waals surface area contributed by atoms with E-state index in [2.05, 4.69) is 16.0 Å². The average molecular weight is 738 g/mol. The van der Waals surface area contributed by atoms with E-state index in [4.69, 9.17) is 29.7 Å². The number of fused-ring (bicyclic) bond motifs is 1. The number of hydrogen-bond acceptors (Lipinski definition) is 8. The molecule has 3 aromatic carbocycles. The van der Waals surface area contributed by atoms with Crippen molar-refractivity contribution in [3.63, 3.8) is 0 Å². The lowest BCUT2D eigenvalue weighted by atomic mass is 9.76. The minimum atomic E-state index is -4.45. The van der Waals surface area contributed by atoms with E-state index in [1.807, 2.05) is 36.1 Å². The molecule has 286 valence electrons. The SMILES string of the molecule is CCOCCc1cccc2[nH]c(C3(N)CCCCN3CCC3(Cc4ccc(C(F)(F)F)cc4)CCN(Cc4cc(OC)c(OC)c(OC)c4)C3=O)nc12. The quantitative estimate of drug-likeness (QED) is 0.128. The van der Waals surface area contributed by atoms with Gasteiger partial charge in [-0.15, -0.1) is 0 Å². The second-order valence-corrected chi connectivity index (χ2v) is 14.1. The van der Waals surface area contributed by atoms with Crippen LogP contribution in [-0.2, 0) is 40.8 Å². The number of benzene rings is 3. The highest BCUT2D eigenvalue weighted by atomic mass is 19.4. The summed E-state index contributed by atoms with van der Waals surface area (Å²) < 4.78 is 62.6. The second-order valence-electron chi connectivity index (χ2n) is 14.1. The van der Waals surface area contributed by atoms with Crippen LogP contribution in [-0.4, -0.2) is 79.9 Å². The summed E-state index contributed by atoms with van der Waals surface area (Å²) in [6, 6.07) is 14.9. The monoisotopic (exact) mass is 737 g/mol. The first kappa shape index (κ1) is 38.4. The number of aromatic amines is 1. The summed E-state index contributed by atoms with van der Waals surface area (Å²) in [5.74, 6) is 2.08. The molecule has 2 aliphatic heterocycles. The number of para-hydroxylation sites is 1. The summed E-state index contributed by atoms with van der Waals surface area (Å²) in [4.78, 5) is 27.3. The third-order valence-electron chi connectivity index (χ3n) is 10.9. The molecule has 0 bridgehead atoms. The number of nitrogens with one attached hydrogen (secondary N) is 1. The van der Waals surface area contributed by atoms with Crippen LogP contribution in [0.1, 0.15) is 67.1 Å². The summed E-state index contributed by atoms with van der Waals surface area (Å²) in [7, 11) is 4.62. The number of nitrogens with two attached hydrogens (primary N) is 1. The van der Waals surface area contributed by atoms with Crippen molar-refractivity contribution in [2.75, 3.05) is 54.2 Å². The van der Waals surface area contributed by atoms with E-state index < -0.39 is 22.8 Å². The Balaban J connectivity index is 1.28. The summed E-state index contributed by atoms with van der Waals surface area (Å²) in [6.45, 7) is 5.25. The van der Waals surface area contributed by atoms with Crippen LogP contribution in [0.25, 0.3) is 11.0 Å². The predicted molar refractivity (Wildman–Crippen MR) is 196 cm³/mol. The maximum Gasteiger partial charge on any atom is 0.416 e. The predicted octanol–water partition coefficient (Wildman–Crippen LogP) is 6.84. The highest BCUT2D eigenvalue weighted by Gasteiger charge is 2.48. The maximum atomic E-state index is 14.6. The average Bonchev–Trinajstić information content (AvgIpc) is 3.73. The van der Waals surface area contributed by atoms with Crippen LogP contribution in [0.2, 0.25) is 0 Å². The second kappa shape index (κ2) is 16.0. The third kappa shape index (κ3) is 7.97. The molecule has 1 aromatic heterocycles. The molecule has 2 unspecified atom stereocenters. The number of piperidine rings is 1. The first-order chi connectivity index (χ1) is 25.4. The Hall–Kier alpha value is -4.33. The van der Waals surface area contributed by atoms with Crippen LogP contribution < -0.4 is 19.9 Å². The molecule has 3 heterocycles. The number of likely N-dealkylation sites (tertiary alicyclic amines) is 2. The molecule has 2 aliphatic rings. The Morgan fingerprint density at radius 2 is 1.68 bits per heavy atom. The minimum Gasteiger partial charge on any atom is -0.493 e. The molecule has 4 aromatic rings. The molecule has 0 radical (unpaired) electrons. The van der Waals surface area contributed by atoms with Crippen molar-refractivity contribution in [2.24, 2.45) is 11.1 Å². The number of rotatable bonds is 15. The van der Waals surface area contributed by atoms with Gasteiger partial charge in [-0.3, -0.25) is 9.69 Å². The number of amides is 1. The van der Waals surface area contributed by atoms with E-state index >= 15 is 0 Å². The molecule has 3 N–H and O–H groups in total. The molecule has 2 saturated heterocycles. The lowest BCUT2D eigenvalue weighted by Gasteiger charge is -2.44. The van der Waals surface area contributed by atoms with Gasteiger partial charge in [0.2, 0.25) is 11.7 Å². The van der Waals surface area contributed by atoms with Gasteiger partial charge in [-0.1, -0.05) is 24.3 Å². The van der Waals surface area contributed by atoms with Crippen molar-refractivity contribution >= 4 is 16.9 Å². The first-order valence-electron chi connectivity index (χ1n) is 18.3. The van der Waals surface area contributed by atoms with Crippen LogP contribution in [0.5, 0.6) is 17.2 Å². The van der Waals surface area contributed by atoms with E-state index in [9.17, 15) is 18.0 Å². The molecule has 0 aliphatic carbocycles. The number of ether oxygens (including phenoxy) is 4. The van der Waals surface area contributed by atoms with Crippen molar-refractivity contribution in [3.8, 4) is 17.2 Å². The third-order valence-corrected chi connectivity index (χ3v) is 10.9. The molecule has 13 heteroatoms. The van der Waals surface area contributed by atoms with E-state index in [0.717, 1.165) is 60.1 Å². The van der Waals surface area contributed by atoms with Crippen molar-refractivity contribution in [3.05, 3.63) is 82.7 Å². The lowest BCUT2D eigenvalue weighted by molar-refractivity contribution is -0.138. The molecule has 0 spiro atoms. The van der Waals surface area contributed by atoms with Gasteiger partial charge in [0.05, 0.1) is 49.9 Å². The number of hydrogen-bond donors (Lipinski definition) is 2. The number of H-pyrrole nitrogens is 1. The number of methoxy groups -OCH3 is 3. The minimum absolute atomic E-state index is 0.0477. The molecule has 10 nitrogen and oxygen atoms in total. The molecular weight excluding hydrogens is 687 g/mol. The Bertz CT molecular complexity index is 1860. The zero-order valence-electron chi connectivity index (χ0n) is 31.0. The molecule has 2 atom stereocenters. The van der Waals surface area contributed by atoms with Crippen LogP contribution in [0.3, 0.4) is 0 Å². The van der Waals surface area contributed by atoms with E-state index in [0.29, 0.717) is 87.2 Å². The number of halogens is 3. The highest BCUT2D eigenvalue weighted by molar-refractivity contribution is 5.85. The number of imidazole rings is 1. The van der Waals surface area contributed by atoms with Crippen molar-refractivity contribution in [1.29, 1.82) is 0 Å². The Morgan fingerprint density at radius 1 is 0.943 bits per heavy atom. The van der Waals surface area contributed by atoms with Crippen LogP contribution in [0, 0.1) is 5.41 Å². The van der Waals surface area contributed by atoms with Gasteiger partial charge in [-0.25, -0.2) is 4.98 Å². The van der Waals surface area contributed by atoms with E-state index in [1.165, 1.54) is 19.2 Å². The van der Waals surface area contributed by atoms with Gasteiger partial charge < -0.3 is 34.6 Å². The van der Waals surface area contributed by atoms with Crippen LogP contribution in [0.15, 0.2) is 54.6 Å². The standard InChI is InChI=1S/C40H50F3N5O5/c1-5-53-22-15-29-9-8-10-31-34(29)46-36(45-31)39(44)16-6-7-19-48(39)21-18-38(25-27-11-13-30(14-12-27)40(41,42)43)17-20-47(37(38)49)26-28-23-32(50-2)35(52-4)33(24-28)51-3/h8-14,23-24H,5-7,15-22,25-26,44H2,1-4H3,(H,45,46). The summed E-state index contributed by atoms with van der Waals surface area (Å²) >= 11 is 0. The highest BCUT2D eigenvalue weighted by Crippen LogP contribution is 2.44. The number of nitrogens with zero attached hydrogens (tertiary/aromatic N) is 3. The van der Waals surface area contributed by atoms with Gasteiger partial charge in [0.15, 0.2) is 11.5 Å². The summed E-state index contributed by atoms with van der Waals surface area (Å²) in [5, 5.41) is 0. The summed E-state index contributed by atoms with van der Waals surface area (Å²) in [6.07, 6.45) is 0.163. The van der Waals surface area contributed by atoms with Crippen molar-refractivity contribution in [1.82, 2.24) is 19.8 Å². The number of aromatic nitrogens is 2. The smallest absolute Gasteiger partial charge is 0.416 e. The zero-order valence-corrected chi connectivity index (χ0v) is 31.0. The Morgan fingerprint density at radius 3 is 2.34 bits per heavy atom. The Kier molecular flexibility index (Phi) is 11.6. The fourth-order valence-electron chi connectivity index (χ4n) is 7.99. The van der Waals surface area contributed by atoms with E-state index in [1.54, 1.807) is 14.2 Å². The number of alkyl halides is 3. The molecule has 0 saturated carbocycles. The fourth-order valence-corrected chi connectivity index (χ4v) is 7.99. The lowest BCUT2D eigenvalue weighted by Crippen LogP contribution is -2.57. The molecule has 6 rings (SSSR count). The summed E-state index contributed by atoms with van der Waals surface area (Å²) in [5.41, 5.74) is 9.21. The van der Waals surface area contributed by atoms with Gasteiger partial charge in [0.25, 0.3) is 0 Å². The van der Waals surface area contributed by atoms with Crippen LogP contribution >= 0.6 is 0 Å². The topological polar surface area (TPSA) is 115 Å². The largest absolute Gasteiger partial charge is 0.493 e. The molecule has 2 fully saturated rings. The maximum absolute atomic E-state index is 14.6. The number of carbonyl (C=O) groups excluding carboxylic acids is 1. The van der Waals surface area contributed by atoms with Gasteiger partial charge in [-0.05, 0) is 98.9 Å². The fraction of sp³-hybridized carbons (Fsp3) is 0.500. The normalized spacial score (nSPS) is 21.1. The van der Waals surface area contributed by atoms with Gasteiger partial charge in [-0.2, -0.15) is 13.2 Å². The first-order valence-corrected chi connectivity index (χ1v) is 18.3. The van der Waals surface area contributed by atoms with Gasteiger partial charge in [0.1, 0.15) is 11.5 Å². The molecule has 1 amide bonds. The van der Waals surface area contributed by atoms with Crippen molar-refractivity contribution < 1.29 is 36.9 Å². The number of carbonyl (C=O) groups is 1. The van der Waals surface area contributed by atoms with Crippen LogP contribution in [0.4, 0.5) is 13.2 Å². The van der Waals surface area contributed by atoms with Crippen molar-refractivity contribution in [2.45, 2.75) is 70.3 Å². The van der Waals surface area contributed by atoms with E-state index in [-0.39, 0.29) is 5.91 Å². The van der Waals surface area contributed by atoms with Gasteiger partial charge in [0, 0.05) is 32.8 Å². The molecule has 53 heavy (non-hydrogen) atoms. The molecular formula is C40H50F3N5O5.